The van der Waals surface area contributed by atoms with Gasteiger partial charge in [0.05, 0.1) is 12.7 Å². The van der Waals surface area contributed by atoms with Gasteiger partial charge in [0.2, 0.25) is 0 Å². The van der Waals surface area contributed by atoms with Crippen LogP contribution in [0.15, 0.2) is 41.9 Å². The second-order valence-electron chi connectivity index (χ2n) is 4.14. The first-order valence-corrected chi connectivity index (χ1v) is 6.32. The van der Waals surface area contributed by atoms with E-state index in [1.165, 1.54) is 22.7 Å². The molecule has 82 valence electrons. The number of hydrogen-bond donors (Lipinski definition) is 0. The van der Waals surface area contributed by atoms with Crippen molar-refractivity contribution in [1.82, 2.24) is 4.37 Å². The number of rotatable bonds is 4. The standard InChI is InChI=1S/C13H13NOS/c1-2-4-10(5-3-1)8-15-13-6-12(13)11-7-14-16-9-11/h1-5,7,9,12-13H,6,8H2. The summed E-state index contributed by atoms with van der Waals surface area (Å²) in [6, 6.07) is 10.3. The Balaban J connectivity index is 1.52. The lowest BCUT2D eigenvalue weighted by Crippen LogP contribution is -1.96. The highest BCUT2D eigenvalue weighted by Gasteiger charge is 2.39. The molecular formula is C13H13NOS. The van der Waals surface area contributed by atoms with Gasteiger partial charge in [-0.05, 0) is 29.1 Å². The van der Waals surface area contributed by atoms with Gasteiger partial charge in [-0.25, -0.2) is 4.37 Å². The van der Waals surface area contributed by atoms with Gasteiger partial charge in [-0.1, -0.05) is 30.3 Å². The van der Waals surface area contributed by atoms with Gasteiger partial charge in [0.25, 0.3) is 0 Å². The van der Waals surface area contributed by atoms with Crippen LogP contribution in [-0.4, -0.2) is 10.5 Å². The molecule has 0 bridgehead atoms. The Kier molecular flexibility index (Phi) is 2.72. The minimum absolute atomic E-state index is 0.400. The highest BCUT2D eigenvalue weighted by molar-refractivity contribution is 7.03. The lowest BCUT2D eigenvalue weighted by atomic mass is 10.2. The minimum Gasteiger partial charge on any atom is -0.373 e. The molecule has 0 N–H and O–H groups in total. The molecule has 2 nitrogen and oxygen atoms in total. The maximum atomic E-state index is 5.85. The summed E-state index contributed by atoms with van der Waals surface area (Å²) in [4.78, 5) is 0. The van der Waals surface area contributed by atoms with Gasteiger partial charge < -0.3 is 4.74 Å². The van der Waals surface area contributed by atoms with Gasteiger partial charge in [0, 0.05) is 17.5 Å². The van der Waals surface area contributed by atoms with E-state index in [2.05, 4.69) is 21.9 Å². The fourth-order valence-corrected chi connectivity index (χ4v) is 2.48. The Labute approximate surface area is 99.1 Å². The quantitative estimate of drug-likeness (QED) is 0.806. The molecule has 3 heteroatoms. The summed E-state index contributed by atoms with van der Waals surface area (Å²) in [6.07, 6.45) is 3.50. The lowest BCUT2D eigenvalue weighted by Gasteiger charge is -2.02. The third-order valence-electron chi connectivity index (χ3n) is 2.92. The molecule has 2 unspecified atom stereocenters. The van der Waals surface area contributed by atoms with E-state index in [0.717, 1.165) is 13.0 Å². The second-order valence-corrected chi connectivity index (χ2v) is 4.79. The van der Waals surface area contributed by atoms with Gasteiger partial charge in [-0.2, -0.15) is 0 Å². The maximum Gasteiger partial charge on any atom is 0.0720 e. The molecule has 1 aliphatic carbocycles. The molecular weight excluding hydrogens is 218 g/mol. The van der Waals surface area contributed by atoms with Crippen LogP contribution >= 0.6 is 11.5 Å². The van der Waals surface area contributed by atoms with Crippen molar-refractivity contribution in [3.8, 4) is 0 Å². The monoisotopic (exact) mass is 231 g/mol. The van der Waals surface area contributed by atoms with E-state index >= 15 is 0 Å². The number of benzene rings is 1. The van der Waals surface area contributed by atoms with E-state index in [1.54, 1.807) is 0 Å². The van der Waals surface area contributed by atoms with Gasteiger partial charge in [0.1, 0.15) is 0 Å². The molecule has 1 fully saturated rings. The summed E-state index contributed by atoms with van der Waals surface area (Å²) in [5.74, 6) is 0.586. The SMILES string of the molecule is c1ccc(COC2CC2c2cnsc2)cc1. The number of ether oxygens (including phenoxy) is 1. The van der Waals surface area contributed by atoms with Crippen molar-refractivity contribution < 1.29 is 4.74 Å². The molecule has 0 amide bonds. The molecule has 0 aliphatic heterocycles. The third-order valence-corrected chi connectivity index (χ3v) is 3.52. The van der Waals surface area contributed by atoms with Crippen molar-refractivity contribution in [2.75, 3.05) is 0 Å². The molecule has 1 aromatic carbocycles. The highest BCUT2D eigenvalue weighted by Crippen LogP contribution is 2.43. The van der Waals surface area contributed by atoms with E-state index in [1.807, 2.05) is 24.4 Å². The molecule has 1 aliphatic rings. The van der Waals surface area contributed by atoms with Crippen LogP contribution in [0.1, 0.15) is 23.5 Å². The van der Waals surface area contributed by atoms with Crippen LogP contribution in [0.25, 0.3) is 0 Å². The van der Waals surface area contributed by atoms with Gasteiger partial charge in [-0.3, -0.25) is 0 Å². The van der Waals surface area contributed by atoms with Crippen LogP contribution in [0.5, 0.6) is 0 Å². The predicted molar refractivity (Wildman–Crippen MR) is 64.5 cm³/mol. The topological polar surface area (TPSA) is 22.1 Å². The minimum atomic E-state index is 0.400. The van der Waals surface area contributed by atoms with Gasteiger partial charge >= 0.3 is 0 Å². The zero-order chi connectivity index (χ0) is 10.8. The van der Waals surface area contributed by atoms with E-state index in [4.69, 9.17) is 4.74 Å². The molecule has 1 heterocycles. The fraction of sp³-hybridized carbons (Fsp3) is 0.308. The molecule has 0 saturated heterocycles. The van der Waals surface area contributed by atoms with Crippen LogP contribution < -0.4 is 0 Å². The number of nitrogens with zero attached hydrogens (tertiary/aromatic N) is 1. The average molecular weight is 231 g/mol. The van der Waals surface area contributed by atoms with E-state index in [0.29, 0.717) is 12.0 Å². The molecule has 2 atom stereocenters. The summed E-state index contributed by atoms with van der Waals surface area (Å²) in [7, 11) is 0. The summed E-state index contributed by atoms with van der Waals surface area (Å²) in [5, 5.41) is 2.12. The second kappa shape index (κ2) is 4.36. The largest absolute Gasteiger partial charge is 0.373 e. The average Bonchev–Trinajstić information content (AvgIpc) is 2.90. The van der Waals surface area contributed by atoms with Crippen LogP contribution in [0.4, 0.5) is 0 Å². The molecule has 1 saturated carbocycles. The van der Waals surface area contributed by atoms with Crippen molar-refractivity contribution in [3.05, 3.63) is 53.0 Å². The zero-order valence-electron chi connectivity index (χ0n) is 8.87. The molecule has 0 radical (unpaired) electrons. The smallest absolute Gasteiger partial charge is 0.0720 e. The van der Waals surface area contributed by atoms with Crippen LogP contribution in [0.3, 0.4) is 0 Å². The highest BCUT2D eigenvalue weighted by atomic mass is 32.1. The molecule has 1 aromatic heterocycles. The molecule has 2 aromatic rings. The van der Waals surface area contributed by atoms with Crippen LogP contribution in [-0.2, 0) is 11.3 Å². The molecule has 16 heavy (non-hydrogen) atoms. The zero-order valence-corrected chi connectivity index (χ0v) is 9.69. The summed E-state index contributed by atoms with van der Waals surface area (Å²) < 4.78 is 9.97. The van der Waals surface area contributed by atoms with Crippen molar-refractivity contribution in [3.63, 3.8) is 0 Å². The lowest BCUT2D eigenvalue weighted by molar-refractivity contribution is 0.102. The van der Waals surface area contributed by atoms with E-state index in [-0.39, 0.29) is 0 Å². The Bertz CT molecular complexity index is 440. The van der Waals surface area contributed by atoms with Crippen molar-refractivity contribution in [1.29, 1.82) is 0 Å². The number of hydrogen-bond acceptors (Lipinski definition) is 3. The normalized spacial score (nSPS) is 23.2. The summed E-state index contributed by atoms with van der Waals surface area (Å²) in [6.45, 7) is 0.722. The first-order chi connectivity index (χ1) is 7.93. The molecule has 3 rings (SSSR count). The Morgan fingerprint density at radius 3 is 2.94 bits per heavy atom. The van der Waals surface area contributed by atoms with Crippen molar-refractivity contribution >= 4 is 11.5 Å². The van der Waals surface area contributed by atoms with E-state index < -0.39 is 0 Å². The Hall–Kier alpha value is -1.19. The first-order valence-electron chi connectivity index (χ1n) is 5.48. The van der Waals surface area contributed by atoms with Crippen LogP contribution in [0.2, 0.25) is 0 Å². The van der Waals surface area contributed by atoms with Crippen LogP contribution in [0, 0.1) is 0 Å². The molecule has 0 spiro atoms. The maximum absolute atomic E-state index is 5.85. The Morgan fingerprint density at radius 1 is 1.31 bits per heavy atom. The number of aromatic nitrogens is 1. The van der Waals surface area contributed by atoms with Crippen molar-refractivity contribution in [2.45, 2.75) is 25.0 Å². The van der Waals surface area contributed by atoms with Gasteiger partial charge in [0.15, 0.2) is 0 Å². The summed E-state index contributed by atoms with van der Waals surface area (Å²) in [5.41, 5.74) is 2.58. The summed E-state index contributed by atoms with van der Waals surface area (Å²) >= 11 is 1.52. The van der Waals surface area contributed by atoms with Crippen molar-refractivity contribution in [2.24, 2.45) is 0 Å². The van der Waals surface area contributed by atoms with E-state index in [9.17, 15) is 0 Å². The first kappa shape index (κ1) is 10.00. The third kappa shape index (κ3) is 2.15. The van der Waals surface area contributed by atoms with Gasteiger partial charge in [-0.15, -0.1) is 0 Å². The predicted octanol–water partition coefficient (Wildman–Crippen LogP) is 3.22. The fourth-order valence-electron chi connectivity index (χ4n) is 1.88. The Morgan fingerprint density at radius 2 is 2.19 bits per heavy atom.